The minimum Gasteiger partial charge on any atom is -0.493 e. The van der Waals surface area contributed by atoms with Crippen LogP contribution in [0.3, 0.4) is 0 Å². The van der Waals surface area contributed by atoms with Gasteiger partial charge in [0.05, 0.1) is 6.61 Å². The second-order valence-electron chi connectivity index (χ2n) is 3.64. The highest BCUT2D eigenvalue weighted by atomic mass is 16.5. The molecule has 1 aromatic carbocycles. The van der Waals surface area contributed by atoms with Crippen molar-refractivity contribution in [2.45, 2.75) is 25.8 Å². The fourth-order valence-corrected chi connectivity index (χ4v) is 1.71. The van der Waals surface area contributed by atoms with Crippen molar-refractivity contribution in [3.8, 4) is 5.75 Å². The smallest absolute Gasteiger partial charge is 0.124 e. The van der Waals surface area contributed by atoms with E-state index in [1.807, 2.05) is 0 Å². The van der Waals surface area contributed by atoms with Crippen molar-refractivity contribution in [3.63, 3.8) is 0 Å². The van der Waals surface area contributed by atoms with Crippen molar-refractivity contribution in [1.29, 1.82) is 0 Å². The molecule has 1 aliphatic rings. The molecule has 0 fully saturated rings. The SMILES string of the molecule is Cc1ccc2c(c1)OCCC[C@@H]2N. The zero-order valence-electron chi connectivity index (χ0n) is 7.92. The lowest BCUT2D eigenvalue weighted by atomic mass is 10.0. The second-order valence-corrected chi connectivity index (χ2v) is 3.64. The van der Waals surface area contributed by atoms with Crippen LogP contribution in [-0.2, 0) is 0 Å². The molecule has 0 saturated heterocycles. The molecule has 1 aliphatic heterocycles. The fraction of sp³-hybridized carbons (Fsp3) is 0.455. The second kappa shape index (κ2) is 3.38. The van der Waals surface area contributed by atoms with Crippen molar-refractivity contribution in [2.24, 2.45) is 5.73 Å². The molecule has 2 heteroatoms. The monoisotopic (exact) mass is 177 g/mol. The molecule has 2 nitrogen and oxygen atoms in total. The summed E-state index contributed by atoms with van der Waals surface area (Å²) in [6.07, 6.45) is 2.07. The summed E-state index contributed by atoms with van der Waals surface area (Å²) in [7, 11) is 0. The molecule has 0 bridgehead atoms. The maximum Gasteiger partial charge on any atom is 0.124 e. The summed E-state index contributed by atoms with van der Waals surface area (Å²) in [4.78, 5) is 0. The van der Waals surface area contributed by atoms with Crippen molar-refractivity contribution in [2.75, 3.05) is 6.61 Å². The van der Waals surface area contributed by atoms with E-state index in [0.717, 1.165) is 30.8 Å². The molecule has 0 aliphatic carbocycles. The third-order valence-electron chi connectivity index (χ3n) is 2.49. The van der Waals surface area contributed by atoms with E-state index in [0.29, 0.717) is 0 Å². The summed E-state index contributed by atoms with van der Waals surface area (Å²) in [5, 5.41) is 0. The Morgan fingerprint density at radius 1 is 1.46 bits per heavy atom. The molecule has 0 spiro atoms. The van der Waals surface area contributed by atoms with Gasteiger partial charge in [-0.25, -0.2) is 0 Å². The number of rotatable bonds is 0. The van der Waals surface area contributed by atoms with Gasteiger partial charge < -0.3 is 10.5 Å². The summed E-state index contributed by atoms with van der Waals surface area (Å²) in [6, 6.07) is 6.40. The first kappa shape index (κ1) is 8.57. The van der Waals surface area contributed by atoms with E-state index in [-0.39, 0.29) is 6.04 Å². The normalized spacial score (nSPS) is 21.5. The molecule has 70 valence electrons. The number of hydrogen-bond acceptors (Lipinski definition) is 2. The lowest BCUT2D eigenvalue weighted by Crippen LogP contribution is -2.08. The fourth-order valence-electron chi connectivity index (χ4n) is 1.71. The van der Waals surface area contributed by atoms with Crippen LogP contribution in [0, 0.1) is 6.92 Å². The van der Waals surface area contributed by atoms with Gasteiger partial charge in [0.15, 0.2) is 0 Å². The molecule has 0 unspecified atom stereocenters. The van der Waals surface area contributed by atoms with Gasteiger partial charge in [0.2, 0.25) is 0 Å². The average Bonchev–Trinajstić information content (AvgIpc) is 2.28. The first-order valence-corrected chi connectivity index (χ1v) is 4.76. The summed E-state index contributed by atoms with van der Waals surface area (Å²) in [6.45, 7) is 2.87. The van der Waals surface area contributed by atoms with Gasteiger partial charge in [-0.15, -0.1) is 0 Å². The molecule has 2 N–H and O–H groups in total. The van der Waals surface area contributed by atoms with Crippen LogP contribution in [-0.4, -0.2) is 6.61 Å². The standard InChI is InChI=1S/C11H15NO/c1-8-4-5-9-10(12)3-2-6-13-11(9)7-8/h4-5,7,10H,2-3,6,12H2,1H3/t10-/m0/s1. The van der Waals surface area contributed by atoms with Gasteiger partial charge in [0, 0.05) is 11.6 Å². The summed E-state index contributed by atoms with van der Waals surface area (Å²) < 4.78 is 5.62. The van der Waals surface area contributed by atoms with Gasteiger partial charge in [-0.1, -0.05) is 12.1 Å². The highest BCUT2D eigenvalue weighted by molar-refractivity contribution is 5.39. The Morgan fingerprint density at radius 3 is 3.15 bits per heavy atom. The van der Waals surface area contributed by atoms with Crippen LogP contribution in [0.15, 0.2) is 18.2 Å². The Labute approximate surface area is 78.7 Å². The molecule has 2 rings (SSSR count). The minimum absolute atomic E-state index is 0.151. The Kier molecular flexibility index (Phi) is 2.23. The Morgan fingerprint density at radius 2 is 2.31 bits per heavy atom. The van der Waals surface area contributed by atoms with Crippen molar-refractivity contribution in [3.05, 3.63) is 29.3 Å². The van der Waals surface area contributed by atoms with E-state index >= 15 is 0 Å². The largest absolute Gasteiger partial charge is 0.493 e. The Bertz CT molecular complexity index is 309. The zero-order chi connectivity index (χ0) is 9.26. The summed E-state index contributed by atoms with van der Waals surface area (Å²) in [5.41, 5.74) is 8.40. The van der Waals surface area contributed by atoms with E-state index in [2.05, 4.69) is 25.1 Å². The topological polar surface area (TPSA) is 35.2 Å². The number of aryl methyl sites for hydroxylation is 1. The number of ether oxygens (including phenoxy) is 1. The summed E-state index contributed by atoms with van der Waals surface area (Å²) in [5.74, 6) is 0.977. The van der Waals surface area contributed by atoms with Crippen LogP contribution < -0.4 is 10.5 Å². The molecule has 13 heavy (non-hydrogen) atoms. The van der Waals surface area contributed by atoms with Gasteiger partial charge in [0.1, 0.15) is 5.75 Å². The molecule has 1 aromatic rings. The number of nitrogens with two attached hydrogens (primary N) is 1. The quantitative estimate of drug-likeness (QED) is 0.659. The lowest BCUT2D eigenvalue weighted by molar-refractivity contribution is 0.316. The molecule has 0 radical (unpaired) electrons. The van der Waals surface area contributed by atoms with E-state index in [4.69, 9.17) is 10.5 Å². The van der Waals surface area contributed by atoms with E-state index in [1.165, 1.54) is 5.56 Å². The van der Waals surface area contributed by atoms with Gasteiger partial charge in [-0.2, -0.15) is 0 Å². The maximum absolute atomic E-state index is 6.02. The van der Waals surface area contributed by atoms with Gasteiger partial charge in [-0.3, -0.25) is 0 Å². The molecule has 0 aromatic heterocycles. The van der Waals surface area contributed by atoms with Crippen molar-refractivity contribution >= 4 is 0 Å². The minimum atomic E-state index is 0.151. The molecule has 0 amide bonds. The van der Waals surface area contributed by atoms with Crippen LogP contribution in [0.5, 0.6) is 5.75 Å². The summed E-state index contributed by atoms with van der Waals surface area (Å²) >= 11 is 0. The highest BCUT2D eigenvalue weighted by Crippen LogP contribution is 2.30. The predicted molar refractivity (Wildman–Crippen MR) is 52.8 cm³/mol. The van der Waals surface area contributed by atoms with Crippen LogP contribution in [0.25, 0.3) is 0 Å². The van der Waals surface area contributed by atoms with Crippen molar-refractivity contribution < 1.29 is 4.74 Å². The average molecular weight is 177 g/mol. The molecular weight excluding hydrogens is 162 g/mol. The van der Waals surface area contributed by atoms with Crippen LogP contribution in [0.2, 0.25) is 0 Å². The van der Waals surface area contributed by atoms with Crippen molar-refractivity contribution in [1.82, 2.24) is 0 Å². The molecule has 1 heterocycles. The third-order valence-corrected chi connectivity index (χ3v) is 2.49. The van der Waals surface area contributed by atoms with E-state index in [1.54, 1.807) is 0 Å². The van der Waals surface area contributed by atoms with Crippen LogP contribution in [0.4, 0.5) is 0 Å². The van der Waals surface area contributed by atoms with Gasteiger partial charge >= 0.3 is 0 Å². The highest BCUT2D eigenvalue weighted by Gasteiger charge is 2.15. The molecule has 1 atom stereocenters. The predicted octanol–water partition coefficient (Wildman–Crippen LogP) is 2.17. The number of benzene rings is 1. The molecule has 0 saturated carbocycles. The third kappa shape index (κ3) is 1.68. The van der Waals surface area contributed by atoms with Gasteiger partial charge in [-0.05, 0) is 31.4 Å². The maximum atomic E-state index is 6.02. The Hall–Kier alpha value is -1.02. The number of hydrogen-bond donors (Lipinski definition) is 1. The van der Waals surface area contributed by atoms with E-state index < -0.39 is 0 Å². The number of fused-ring (bicyclic) bond motifs is 1. The van der Waals surface area contributed by atoms with Crippen LogP contribution in [0.1, 0.15) is 30.0 Å². The van der Waals surface area contributed by atoms with Crippen LogP contribution >= 0.6 is 0 Å². The Balaban J connectivity index is 2.42. The van der Waals surface area contributed by atoms with Gasteiger partial charge in [0.25, 0.3) is 0 Å². The van der Waals surface area contributed by atoms with E-state index in [9.17, 15) is 0 Å². The first-order chi connectivity index (χ1) is 6.27. The lowest BCUT2D eigenvalue weighted by Gasteiger charge is -2.11. The first-order valence-electron chi connectivity index (χ1n) is 4.76. The molecular formula is C11H15NO. The zero-order valence-corrected chi connectivity index (χ0v) is 7.92.